The highest BCUT2D eigenvalue weighted by Gasteiger charge is 2.04. The number of aromatic nitrogens is 2. The normalized spacial score (nSPS) is 10.1. The van der Waals surface area contributed by atoms with Crippen molar-refractivity contribution < 1.29 is 9.47 Å². The van der Waals surface area contributed by atoms with Crippen molar-refractivity contribution in [1.29, 1.82) is 0 Å². The molecule has 0 spiro atoms. The quantitative estimate of drug-likeness (QED) is 0.791. The van der Waals surface area contributed by atoms with E-state index in [0.717, 1.165) is 18.0 Å². The molecule has 16 heavy (non-hydrogen) atoms. The Morgan fingerprint density at radius 3 is 2.88 bits per heavy atom. The lowest BCUT2D eigenvalue weighted by molar-refractivity contribution is 0.396. The monoisotopic (exact) mass is 218 g/mol. The Morgan fingerprint density at radius 1 is 1.31 bits per heavy atom. The average molecular weight is 218 g/mol. The summed E-state index contributed by atoms with van der Waals surface area (Å²) in [4.78, 5) is 4.14. The van der Waals surface area contributed by atoms with E-state index in [1.54, 1.807) is 13.3 Å². The Labute approximate surface area is 94.4 Å². The Kier molecular flexibility index (Phi) is 3.10. The van der Waals surface area contributed by atoms with Gasteiger partial charge < -0.3 is 14.0 Å². The zero-order valence-corrected chi connectivity index (χ0v) is 9.38. The lowest BCUT2D eigenvalue weighted by Gasteiger charge is -2.07. The SMILES string of the molecule is CCn1ccnc1Oc1cccc(OC)c1. The fraction of sp³-hybridized carbons (Fsp3) is 0.250. The molecule has 0 saturated heterocycles. The van der Waals surface area contributed by atoms with Crippen LogP contribution in [0.5, 0.6) is 17.5 Å². The summed E-state index contributed by atoms with van der Waals surface area (Å²) < 4.78 is 12.7. The summed E-state index contributed by atoms with van der Waals surface area (Å²) in [7, 11) is 1.63. The van der Waals surface area contributed by atoms with Gasteiger partial charge in [0.2, 0.25) is 0 Å². The first-order chi connectivity index (χ1) is 7.83. The van der Waals surface area contributed by atoms with Gasteiger partial charge in [0.1, 0.15) is 11.5 Å². The zero-order chi connectivity index (χ0) is 11.4. The number of aryl methyl sites for hydroxylation is 1. The van der Waals surface area contributed by atoms with Crippen LogP contribution in [-0.2, 0) is 6.54 Å². The van der Waals surface area contributed by atoms with Gasteiger partial charge in [0.05, 0.1) is 7.11 Å². The first-order valence-corrected chi connectivity index (χ1v) is 5.16. The highest BCUT2D eigenvalue weighted by molar-refractivity contribution is 5.34. The molecule has 0 N–H and O–H groups in total. The van der Waals surface area contributed by atoms with Crippen molar-refractivity contribution in [1.82, 2.24) is 9.55 Å². The average Bonchev–Trinajstić information content (AvgIpc) is 2.76. The van der Waals surface area contributed by atoms with Crippen molar-refractivity contribution in [2.24, 2.45) is 0 Å². The maximum atomic E-state index is 5.65. The molecule has 0 fully saturated rings. The van der Waals surface area contributed by atoms with Gasteiger partial charge in [-0.05, 0) is 19.1 Å². The molecule has 84 valence electrons. The van der Waals surface area contributed by atoms with Crippen LogP contribution in [0.2, 0.25) is 0 Å². The van der Waals surface area contributed by atoms with Crippen LogP contribution in [0.4, 0.5) is 0 Å². The fourth-order valence-electron chi connectivity index (χ4n) is 1.41. The van der Waals surface area contributed by atoms with E-state index in [0.29, 0.717) is 6.01 Å². The molecule has 0 unspecified atom stereocenters. The number of nitrogens with zero attached hydrogens (tertiary/aromatic N) is 2. The van der Waals surface area contributed by atoms with E-state index in [9.17, 15) is 0 Å². The fourth-order valence-corrected chi connectivity index (χ4v) is 1.41. The summed E-state index contributed by atoms with van der Waals surface area (Å²) in [6.45, 7) is 2.87. The maximum Gasteiger partial charge on any atom is 0.301 e. The molecule has 0 amide bonds. The van der Waals surface area contributed by atoms with Crippen molar-refractivity contribution in [3.63, 3.8) is 0 Å². The number of imidazole rings is 1. The van der Waals surface area contributed by atoms with Crippen LogP contribution in [0, 0.1) is 0 Å². The van der Waals surface area contributed by atoms with Gasteiger partial charge in [-0.2, -0.15) is 0 Å². The van der Waals surface area contributed by atoms with Gasteiger partial charge in [0.25, 0.3) is 0 Å². The summed E-state index contributed by atoms with van der Waals surface area (Å²) >= 11 is 0. The second-order valence-electron chi connectivity index (χ2n) is 3.28. The van der Waals surface area contributed by atoms with E-state index in [1.807, 2.05) is 42.0 Å². The lowest BCUT2D eigenvalue weighted by Crippen LogP contribution is -1.97. The van der Waals surface area contributed by atoms with Crippen LogP contribution in [0.3, 0.4) is 0 Å². The minimum atomic E-state index is 0.593. The molecule has 2 rings (SSSR count). The van der Waals surface area contributed by atoms with Crippen molar-refractivity contribution in [2.75, 3.05) is 7.11 Å². The lowest BCUT2D eigenvalue weighted by atomic mass is 10.3. The Hall–Kier alpha value is -1.97. The Morgan fingerprint density at radius 2 is 2.12 bits per heavy atom. The molecule has 4 nitrogen and oxygen atoms in total. The molecule has 2 aromatic rings. The van der Waals surface area contributed by atoms with Gasteiger partial charge >= 0.3 is 6.01 Å². The molecule has 4 heteroatoms. The zero-order valence-electron chi connectivity index (χ0n) is 9.38. The molecular weight excluding hydrogens is 204 g/mol. The van der Waals surface area contributed by atoms with E-state index in [1.165, 1.54) is 0 Å². The van der Waals surface area contributed by atoms with Crippen LogP contribution >= 0.6 is 0 Å². The maximum absolute atomic E-state index is 5.65. The predicted octanol–water partition coefficient (Wildman–Crippen LogP) is 2.70. The molecule has 0 atom stereocenters. The summed E-state index contributed by atoms with van der Waals surface area (Å²) in [6, 6.07) is 8.05. The van der Waals surface area contributed by atoms with Gasteiger partial charge in [-0.3, -0.25) is 0 Å². The van der Waals surface area contributed by atoms with Crippen LogP contribution in [0.15, 0.2) is 36.7 Å². The molecule has 0 bridgehead atoms. The first kappa shape index (κ1) is 10.5. The largest absolute Gasteiger partial charge is 0.497 e. The molecule has 0 aliphatic rings. The standard InChI is InChI=1S/C12H14N2O2/c1-3-14-8-7-13-12(14)16-11-6-4-5-10(9-11)15-2/h4-9H,3H2,1-2H3. The second-order valence-corrected chi connectivity index (χ2v) is 3.28. The number of rotatable bonds is 4. The molecule has 1 heterocycles. The third kappa shape index (κ3) is 2.16. The molecule has 1 aromatic heterocycles. The summed E-state index contributed by atoms with van der Waals surface area (Å²) in [5.41, 5.74) is 0. The van der Waals surface area contributed by atoms with Crippen LogP contribution in [0.1, 0.15) is 6.92 Å². The first-order valence-electron chi connectivity index (χ1n) is 5.16. The highest BCUT2D eigenvalue weighted by Crippen LogP contribution is 2.23. The number of methoxy groups -OCH3 is 1. The van der Waals surface area contributed by atoms with Crippen LogP contribution in [-0.4, -0.2) is 16.7 Å². The number of hydrogen-bond donors (Lipinski definition) is 0. The van der Waals surface area contributed by atoms with E-state index < -0.39 is 0 Å². The Bertz CT molecular complexity index is 466. The van der Waals surface area contributed by atoms with Gasteiger partial charge in [0.15, 0.2) is 0 Å². The Balaban J connectivity index is 2.20. The third-order valence-corrected chi connectivity index (χ3v) is 2.27. The molecule has 0 saturated carbocycles. The van der Waals surface area contributed by atoms with Crippen molar-refractivity contribution in [3.8, 4) is 17.5 Å². The smallest absolute Gasteiger partial charge is 0.301 e. The highest BCUT2D eigenvalue weighted by atomic mass is 16.5. The minimum Gasteiger partial charge on any atom is -0.497 e. The second kappa shape index (κ2) is 4.70. The molecule has 0 aliphatic carbocycles. The van der Waals surface area contributed by atoms with Crippen LogP contribution in [0.25, 0.3) is 0 Å². The predicted molar refractivity (Wildman–Crippen MR) is 61.0 cm³/mol. The molecule has 0 aliphatic heterocycles. The van der Waals surface area contributed by atoms with Crippen molar-refractivity contribution in [2.45, 2.75) is 13.5 Å². The summed E-state index contributed by atoms with van der Waals surface area (Å²) in [5, 5.41) is 0. The third-order valence-electron chi connectivity index (χ3n) is 2.27. The summed E-state index contributed by atoms with van der Waals surface area (Å²) in [5.74, 6) is 1.49. The topological polar surface area (TPSA) is 36.3 Å². The molecule has 1 aromatic carbocycles. The number of benzene rings is 1. The van der Waals surface area contributed by atoms with Crippen molar-refractivity contribution >= 4 is 0 Å². The van der Waals surface area contributed by atoms with Crippen LogP contribution < -0.4 is 9.47 Å². The number of ether oxygens (including phenoxy) is 2. The van der Waals surface area contributed by atoms with E-state index in [4.69, 9.17) is 9.47 Å². The van der Waals surface area contributed by atoms with Gasteiger partial charge in [-0.15, -0.1) is 0 Å². The minimum absolute atomic E-state index is 0.593. The van der Waals surface area contributed by atoms with Gasteiger partial charge in [-0.1, -0.05) is 6.07 Å². The van der Waals surface area contributed by atoms with Crippen molar-refractivity contribution in [3.05, 3.63) is 36.7 Å². The van der Waals surface area contributed by atoms with E-state index in [2.05, 4.69) is 4.98 Å². The summed E-state index contributed by atoms with van der Waals surface area (Å²) in [6.07, 6.45) is 3.61. The molecule has 0 radical (unpaired) electrons. The van der Waals surface area contributed by atoms with E-state index >= 15 is 0 Å². The molecular formula is C12H14N2O2. The van der Waals surface area contributed by atoms with Gasteiger partial charge in [0, 0.05) is 25.0 Å². The number of hydrogen-bond acceptors (Lipinski definition) is 3. The van der Waals surface area contributed by atoms with E-state index in [-0.39, 0.29) is 0 Å². The van der Waals surface area contributed by atoms with Gasteiger partial charge in [-0.25, -0.2) is 4.98 Å².